The first kappa shape index (κ1) is 15.9. The van der Waals surface area contributed by atoms with E-state index < -0.39 is 11.9 Å². The molecule has 0 spiro atoms. The number of amides is 1. The molecule has 1 aromatic heterocycles. The summed E-state index contributed by atoms with van der Waals surface area (Å²) >= 11 is 0. The summed E-state index contributed by atoms with van der Waals surface area (Å²) in [6.45, 7) is 2.33. The van der Waals surface area contributed by atoms with Gasteiger partial charge in [0, 0.05) is 24.9 Å². The number of likely N-dealkylation sites (tertiary alicyclic amines) is 1. The predicted molar refractivity (Wildman–Crippen MR) is 89.4 cm³/mol. The van der Waals surface area contributed by atoms with Crippen molar-refractivity contribution in [1.82, 2.24) is 9.88 Å². The van der Waals surface area contributed by atoms with E-state index in [0.29, 0.717) is 24.0 Å². The number of aliphatic carboxylic acids is 1. The third-order valence-electron chi connectivity index (χ3n) is 5.09. The van der Waals surface area contributed by atoms with Gasteiger partial charge in [0.2, 0.25) is 5.76 Å². The number of hydrogen-bond donors (Lipinski definition) is 1. The highest BCUT2D eigenvalue weighted by Gasteiger charge is 2.42. The number of carbonyl (C=O) groups excluding carboxylic acids is 1. The molecule has 2 aromatic rings. The molecule has 1 aromatic carbocycles. The zero-order valence-electron chi connectivity index (χ0n) is 14.0. The number of carboxylic acid groups (broad SMARTS) is 1. The predicted octanol–water partition coefficient (Wildman–Crippen LogP) is 2.80. The molecule has 6 nitrogen and oxygen atoms in total. The second-order valence-corrected chi connectivity index (χ2v) is 6.91. The van der Waals surface area contributed by atoms with Crippen LogP contribution in [-0.4, -0.2) is 40.0 Å². The number of oxazole rings is 1. The first-order valence-electron chi connectivity index (χ1n) is 8.59. The van der Waals surface area contributed by atoms with Gasteiger partial charge >= 0.3 is 5.97 Å². The molecule has 0 radical (unpaired) electrons. The van der Waals surface area contributed by atoms with Crippen molar-refractivity contribution in [3.63, 3.8) is 0 Å². The van der Waals surface area contributed by atoms with Gasteiger partial charge in [-0.25, -0.2) is 4.98 Å². The Kier molecular flexibility index (Phi) is 3.82. The Morgan fingerprint density at radius 2 is 1.92 bits per heavy atom. The molecule has 2 unspecified atom stereocenters. The van der Waals surface area contributed by atoms with Crippen molar-refractivity contribution >= 4 is 11.9 Å². The minimum Gasteiger partial charge on any atom is -0.481 e. The Bertz CT molecular complexity index is 810. The van der Waals surface area contributed by atoms with E-state index in [1.54, 1.807) is 11.8 Å². The van der Waals surface area contributed by atoms with E-state index in [1.807, 2.05) is 30.3 Å². The molecule has 2 atom stereocenters. The summed E-state index contributed by atoms with van der Waals surface area (Å²) in [4.78, 5) is 30.5. The second-order valence-electron chi connectivity index (χ2n) is 6.91. The average Bonchev–Trinajstić information content (AvgIpc) is 3.24. The minimum absolute atomic E-state index is 0.187. The maximum Gasteiger partial charge on any atom is 0.308 e. The molecular weight excluding hydrogens is 320 g/mol. The number of aryl methyl sites for hydroxylation is 1. The van der Waals surface area contributed by atoms with E-state index in [9.17, 15) is 14.7 Å². The largest absolute Gasteiger partial charge is 0.481 e. The third kappa shape index (κ3) is 2.92. The molecule has 1 amide bonds. The molecule has 1 saturated carbocycles. The maximum absolute atomic E-state index is 12.9. The molecular formula is C19H20N2O4. The van der Waals surface area contributed by atoms with Crippen LogP contribution in [0.25, 0.3) is 0 Å². The Balaban J connectivity index is 1.58. The van der Waals surface area contributed by atoms with E-state index in [4.69, 9.17) is 4.42 Å². The lowest BCUT2D eigenvalue weighted by atomic mass is 9.89. The van der Waals surface area contributed by atoms with Gasteiger partial charge in [0.25, 0.3) is 5.91 Å². The molecule has 6 heteroatoms. The lowest BCUT2D eigenvalue weighted by Gasteiger charge is -2.15. The van der Waals surface area contributed by atoms with E-state index in [-0.39, 0.29) is 24.1 Å². The number of hydrogen-bond acceptors (Lipinski definition) is 4. The quantitative estimate of drug-likeness (QED) is 0.925. The smallest absolute Gasteiger partial charge is 0.308 e. The van der Waals surface area contributed by atoms with Crippen LogP contribution in [0.1, 0.15) is 52.4 Å². The van der Waals surface area contributed by atoms with Crippen LogP contribution in [0.15, 0.2) is 34.7 Å². The standard InChI is InChI=1S/C19H20N2O4/c1-11-16(25-17(20-11)13-7-8-13)18(22)21-9-14(15(10-21)19(23)24)12-5-3-2-4-6-12/h2-6,13-15H,7-10H2,1H3,(H,23,24). The van der Waals surface area contributed by atoms with Crippen LogP contribution in [0.5, 0.6) is 0 Å². The normalized spacial score (nSPS) is 23.0. The molecule has 0 bridgehead atoms. The van der Waals surface area contributed by atoms with Gasteiger partial charge in [-0.15, -0.1) is 0 Å². The fourth-order valence-electron chi connectivity index (χ4n) is 3.52. The van der Waals surface area contributed by atoms with Gasteiger partial charge in [-0.3, -0.25) is 9.59 Å². The van der Waals surface area contributed by atoms with E-state index in [1.165, 1.54) is 0 Å². The Morgan fingerprint density at radius 3 is 2.56 bits per heavy atom. The van der Waals surface area contributed by atoms with Crippen molar-refractivity contribution in [2.75, 3.05) is 13.1 Å². The Labute approximate surface area is 145 Å². The molecule has 2 fully saturated rings. The van der Waals surface area contributed by atoms with Crippen molar-refractivity contribution in [3.8, 4) is 0 Å². The van der Waals surface area contributed by atoms with Crippen LogP contribution in [-0.2, 0) is 4.79 Å². The number of carbonyl (C=O) groups is 2. The Morgan fingerprint density at radius 1 is 1.20 bits per heavy atom. The third-order valence-corrected chi connectivity index (χ3v) is 5.09. The van der Waals surface area contributed by atoms with E-state index in [0.717, 1.165) is 18.4 Å². The zero-order valence-corrected chi connectivity index (χ0v) is 14.0. The highest BCUT2D eigenvalue weighted by atomic mass is 16.4. The van der Waals surface area contributed by atoms with Crippen molar-refractivity contribution in [2.45, 2.75) is 31.6 Å². The maximum atomic E-state index is 12.9. The zero-order chi connectivity index (χ0) is 17.6. The number of benzene rings is 1. The summed E-state index contributed by atoms with van der Waals surface area (Å²) < 4.78 is 5.70. The lowest BCUT2D eigenvalue weighted by molar-refractivity contribution is -0.141. The van der Waals surface area contributed by atoms with Crippen LogP contribution in [0.2, 0.25) is 0 Å². The van der Waals surface area contributed by atoms with Gasteiger partial charge in [-0.1, -0.05) is 30.3 Å². The molecule has 1 saturated heterocycles. The van der Waals surface area contributed by atoms with Gasteiger partial charge in [0.15, 0.2) is 5.89 Å². The summed E-state index contributed by atoms with van der Waals surface area (Å²) in [6.07, 6.45) is 2.10. The van der Waals surface area contributed by atoms with Gasteiger partial charge in [-0.05, 0) is 25.3 Å². The number of nitrogens with zero attached hydrogens (tertiary/aromatic N) is 2. The number of carboxylic acids is 1. The van der Waals surface area contributed by atoms with Crippen LogP contribution < -0.4 is 0 Å². The molecule has 1 aliphatic carbocycles. The topological polar surface area (TPSA) is 83.6 Å². The van der Waals surface area contributed by atoms with Crippen LogP contribution >= 0.6 is 0 Å². The SMILES string of the molecule is Cc1nc(C2CC2)oc1C(=O)N1CC(C(=O)O)C(c2ccccc2)C1. The van der Waals surface area contributed by atoms with E-state index >= 15 is 0 Å². The lowest BCUT2D eigenvalue weighted by Crippen LogP contribution is -2.30. The first-order valence-corrected chi connectivity index (χ1v) is 8.59. The molecule has 1 aliphatic heterocycles. The molecule has 1 N–H and O–H groups in total. The number of rotatable bonds is 4. The average molecular weight is 340 g/mol. The van der Waals surface area contributed by atoms with Crippen LogP contribution in [0.3, 0.4) is 0 Å². The van der Waals surface area contributed by atoms with Crippen molar-refractivity contribution < 1.29 is 19.1 Å². The van der Waals surface area contributed by atoms with Gasteiger partial charge in [0.05, 0.1) is 11.6 Å². The van der Waals surface area contributed by atoms with Gasteiger partial charge in [-0.2, -0.15) is 0 Å². The highest BCUT2D eigenvalue weighted by Crippen LogP contribution is 2.40. The number of aromatic nitrogens is 1. The molecule has 25 heavy (non-hydrogen) atoms. The summed E-state index contributed by atoms with van der Waals surface area (Å²) in [7, 11) is 0. The van der Waals surface area contributed by atoms with Gasteiger partial charge in [0.1, 0.15) is 0 Å². The van der Waals surface area contributed by atoms with E-state index in [2.05, 4.69) is 4.98 Å². The fraction of sp³-hybridized carbons (Fsp3) is 0.421. The summed E-state index contributed by atoms with van der Waals surface area (Å²) in [6, 6.07) is 9.51. The molecule has 130 valence electrons. The summed E-state index contributed by atoms with van der Waals surface area (Å²) in [5.74, 6) is -0.748. The monoisotopic (exact) mass is 340 g/mol. The first-order chi connectivity index (χ1) is 12.0. The Hall–Kier alpha value is -2.63. The van der Waals surface area contributed by atoms with Crippen molar-refractivity contribution in [3.05, 3.63) is 53.2 Å². The van der Waals surface area contributed by atoms with Crippen LogP contribution in [0, 0.1) is 12.8 Å². The highest BCUT2D eigenvalue weighted by molar-refractivity contribution is 5.93. The summed E-state index contributed by atoms with van der Waals surface area (Å²) in [5.41, 5.74) is 1.53. The second kappa shape index (κ2) is 6.02. The van der Waals surface area contributed by atoms with Crippen LogP contribution in [0.4, 0.5) is 0 Å². The summed E-state index contributed by atoms with van der Waals surface area (Å²) in [5, 5.41) is 9.58. The van der Waals surface area contributed by atoms with Crippen molar-refractivity contribution in [1.29, 1.82) is 0 Å². The fourth-order valence-corrected chi connectivity index (χ4v) is 3.52. The molecule has 2 aliphatic rings. The van der Waals surface area contributed by atoms with Gasteiger partial charge < -0.3 is 14.4 Å². The molecule has 4 rings (SSSR count). The van der Waals surface area contributed by atoms with Crippen molar-refractivity contribution in [2.24, 2.45) is 5.92 Å². The minimum atomic E-state index is -0.878. The molecule has 2 heterocycles.